The van der Waals surface area contributed by atoms with Crippen LogP contribution < -0.4 is 10.0 Å². The first-order valence-electron chi connectivity index (χ1n) is 14.3. The normalized spacial score (nSPS) is 13.2. The summed E-state index contributed by atoms with van der Waals surface area (Å²) in [4.78, 5) is 22.1. The Bertz CT molecular complexity index is 2100. The molecule has 0 atom stereocenters. The van der Waals surface area contributed by atoms with Crippen LogP contribution in [0.5, 0.6) is 0 Å². The number of fused-ring (bicyclic) bond motifs is 2. The van der Waals surface area contributed by atoms with E-state index in [4.69, 9.17) is 4.98 Å². The number of hydrogen-bond donors (Lipinski definition) is 2. The molecule has 7 nitrogen and oxygen atoms in total. The lowest BCUT2D eigenvalue weighted by Crippen LogP contribution is -2.29. The largest absolute Gasteiger partial charge is 0.313 e. The van der Waals surface area contributed by atoms with E-state index in [1.165, 1.54) is 34.2 Å². The fraction of sp³-hybridized carbons (Fsp3) is 0.118. The molecule has 4 aromatic carbocycles. The van der Waals surface area contributed by atoms with Crippen molar-refractivity contribution in [3.8, 4) is 10.6 Å². The average molecular weight is 691 g/mol. The molecule has 12 heteroatoms. The summed E-state index contributed by atoms with van der Waals surface area (Å²) in [6, 6.07) is 29.3. The van der Waals surface area contributed by atoms with Crippen molar-refractivity contribution in [3.05, 3.63) is 131 Å². The summed E-state index contributed by atoms with van der Waals surface area (Å²) in [5.74, 6) is -0.892. The molecule has 0 unspecified atom stereocenters. The van der Waals surface area contributed by atoms with Crippen LogP contribution in [0, 0.1) is 5.82 Å². The molecular formula is C34H28ClFN4O3S3. The SMILES string of the molecule is Cl.O=C(Nc1sc2c(c1-c1nc3ccccc3s1)CCN(Cc1ccccc1)C2)c1cccc(NS(=O)(=O)c2ccc(F)cc2)c1. The summed E-state index contributed by atoms with van der Waals surface area (Å²) in [5.41, 5.74) is 4.85. The molecule has 1 aliphatic heterocycles. The number of nitrogens with zero attached hydrogens (tertiary/aromatic N) is 2. The standard InChI is InChI=1S/C34H27FN4O3S3.ClH/c35-24-13-15-26(16-14-24)45(41,42)38-25-10-6-9-23(19-25)32(40)37-34-31(33-36-28-11-4-5-12-29(28)43-33)27-17-18-39(21-30(27)44-34)20-22-7-2-1-3-8-22;/h1-16,19,38H,17-18,20-21H2,(H,37,40);1H. The second-order valence-corrected chi connectivity index (χ2v) is 14.6. The molecule has 6 aromatic rings. The maximum absolute atomic E-state index is 13.7. The van der Waals surface area contributed by atoms with Crippen LogP contribution in [0.4, 0.5) is 15.1 Å². The van der Waals surface area contributed by atoms with Crippen LogP contribution in [-0.4, -0.2) is 30.8 Å². The smallest absolute Gasteiger partial charge is 0.261 e. The number of rotatable bonds is 8. The highest BCUT2D eigenvalue weighted by Gasteiger charge is 2.28. The number of amides is 1. The lowest BCUT2D eigenvalue weighted by Gasteiger charge is -2.27. The van der Waals surface area contributed by atoms with Gasteiger partial charge in [0.1, 0.15) is 15.8 Å². The van der Waals surface area contributed by atoms with E-state index in [-0.39, 0.29) is 28.9 Å². The maximum Gasteiger partial charge on any atom is 0.261 e. The number of sulfonamides is 1. The zero-order valence-corrected chi connectivity index (χ0v) is 27.5. The zero-order valence-electron chi connectivity index (χ0n) is 24.3. The average Bonchev–Trinajstić information content (AvgIpc) is 3.62. The summed E-state index contributed by atoms with van der Waals surface area (Å²) in [7, 11) is -3.97. The van der Waals surface area contributed by atoms with Crippen LogP contribution >= 0.6 is 35.1 Å². The topological polar surface area (TPSA) is 91.4 Å². The van der Waals surface area contributed by atoms with E-state index in [9.17, 15) is 17.6 Å². The van der Waals surface area contributed by atoms with E-state index >= 15 is 0 Å². The van der Waals surface area contributed by atoms with Crippen molar-refractivity contribution in [1.29, 1.82) is 0 Å². The molecule has 7 rings (SSSR count). The van der Waals surface area contributed by atoms with Gasteiger partial charge in [-0.3, -0.25) is 14.4 Å². The number of carbonyl (C=O) groups is 1. The van der Waals surface area contributed by atoms with Crippen LogP contribution in [0.1, 0.15) is 26.4 Å². The summed E-state index contributed by atoms with van der Waals surface area (Å²) in [5, 5.41) is 4.72. The summed E-state index contributed by atoms with van der Waals surface area (Å²) in [6.07, 6.45) is 0.834. The van der Waals surface area contributed by atoms with Crippen molar-refractivity contribution in [3.63, 3.8) is 0 Å². The van der Waals surface area contributed by atoms with Crippen molar-refractivity contribution in [2.75, 3.05) is 16.6 Å². The highest BCUT2D eigenvalue weighted by Crippen LogP contribution is 2.46. The van der Waals surface area contributed by atoms with Gasteiger partial charge in [0, 0.05) is 41.3 Å². The van der Waals surface area contributed by atoms with Gasteiger partial charge in [-0.1, -0.05) is 48.5 Å². The predicted molar refractivity (Wildman–Crippen MR) is 186 cm³/mol. The minimum atomic E-state index is -3.97. The molecule has 1 amide bonds. The Balaban J connectivity index is 0.00000372. The molecule has 0 aliphatic carbocycles. The number of carbonyl (C=O) groups excluding carboxylic acids is 1. The quantitative estimate of drug-likeness (QED) is 0.168. The summed E-state index contributed by atoms with van der Waals surface area (Å²) >= 11 is 3.17. The van der Waals surface area contributed by atoms with Gasteiger partial charge in [-0.25, -0.2) is 17.8 Å². The van der Waals surface area contributed by atoms with Crippen LogP contribution in [0.15, 0.2) is 108 Å². The number of anilines is 2. The monoisotopic (exact) mass is 690 g/mol. The Morgan fingerprint density at radius 3 is 2.46 bits per heavy atom. The molecule has 3 heterocycles. The van der Waals surface area contributed by atoms with E-state index in [2.05, 4.69) is 39.2 Å². The van der Waals surface area contributed by atoms with Crippen molar-refractivity contribution < 1.29 is 17.6 Å². The Labute approximate surface area is 280 Å². The molecule has 0 bridgehead atoms. The highest BCUT2D eigenvalue weighted by molar-refractivity contribution is 7.92. The second kappa shape index (κ2) is 13.3. The number of benzene rings is 4. The van der Waals surface area contributed by atoms with E-state index < -0.39 is 15.8 Å². The van der Waals surface area contributed by atoms with Gasteiger partial charge in [0.2, 0.25) is 0 Å². The van der Waals surface area contributed by atoms with E-state index in [0.29, 0.717) is 5.56 Å². The minimum Gasteiger partial charge on any atom is -0.313 e. The number of halogens is 2. The van der Waals surface area contributed by atoms with Crippen LogP contribution in [0.2, 0.25) is 0 Å². The molecule has 234 valence electrons. The molecule has 0 spiro atoms. The van der Waals surface area contributed by atoms with Gasteiger partial charge in [0.05, 0.1) is 15.1 Å². The van der Waals surface area contributed by atoms with Gasteiger partial charge in [-0.05, 0) is 72.1 Å². The predicted octanol–water partition coefficient (Wildman–Crippen LogP) is 8.20. The summed E-state index contributed by atoms with van der Waals surface area (Å²) < 4.78 is 42.6. The molecular weight excluding hydrogens is 663 g/mol. The van der Waals surface area contributed by atoms with Crippen molar-refractivity contribution in [1.82, 2.24) is 9.88 Å². The van der Waals surface area contributed by atoms with E-state index in [1.54, 1.807) is 40.9 Å². The number of hydrogen-bond acceptors (Lipinski definition) is 7. The van der Waals surface area contributed by atoms with Crippen LogP contribution in [-0.2, 0) is 29.5 Å². The molecule has 0 saturated heterocycles. The maximum atomic E-state index is 13.7. The second-order valence-electron chi connectivity index (χ2n) is 10.7. The van der Waals surface area contributed by atoms with Gasteiger partial charge in [-0.2, -0.15) is 0 Å². The van der Waals surface area contributed by atoms with Gasteiger partial charge >= 0.3 is 0 Å². The van der Waals surface area contributed by atoms with E-state index in [1.807, 2.05) is 30.3 Å². The van der Waals surface area contributed by atoms with Gasteiger partial charge in [0.25, 0.3) is 15.9 Å². The lowest BCUT2D eigenvalue weighted by atomic mass is 10.0. The minimum absolute atomic E-state index is 0. The van der Waals surface area contributed by atoms with Crippen molar-refractivity contribution >= 4 is 71.9 Å². The van der Waals surface area contributed by atoms with Crippen molar-refractivity contribution in [2.24, 2.45) is 0 Å². The zero-order chi connectivity index (χ0) is 31.0. The van der Waals surface area contributed by atoms with Crippen LogP contribution in [0.3, 0.4) is 0 Å². The van der Waals surface area contributed by atoms with Crippen LogP contribution in [0.25, 0.3) is 20.8 Å². The molecule has 2 N–H and O–H groups in total. The third kappa shape index (κ3) is 6.69. The number of nitrogens with one attached hydrogen (secondary N) is 2. The number of thiazole rings is 1. The van der Waals surface area contributed by atoms with Crippen molar-refractivity contribution in [2.45, 2.75) is 24.4 Å². The molecule has 1 aliphatic rings. The number of thiophene rings is 1. The first-order valence-corrected chi connectivity index (χ1v) is 17.4. The lowest BCUT2D eigenvalue weighted by molar-refractivity contribution is 0.102. The molecule has 2 aromatic heterocycles. The fourth-order valence-corrected chi connectivity index (χ4v) is 8.90. The van der Waals surface area contributed by atoms with Gasteiger partial charge < -0.3 is 5.32 Å². The van der Waals surface area contributed by atoms with Gasteiger partial charge in [-0.15, -0.1) is 35.1 Å². The Morgan fingerprint density at radius 1 is 0.913 bits per heavy atom. The third-order valence-corrected chi connectivity index (χ3v) is 11.2. The van der Waals surface area contributed by atoms with Gasteiger partial charge in [0.15, 0.2) is 0 Å². The Morgan fingerprint density at radius 2 is 1.67 bits per heavy atom. The first-order chi connectivity index (χ1) is 21.8. The number of para-hydroxylation sites is 1. The third-order valence-electron chi connectivity index (χ3n) is 7.62. The molecule has 46 heavy (non-hydrogen) atoms. The molecule has 0 radical (unpaired) electrons. The molecule has 0 fully saturated rings. The first kappa shape index (κ1) is 31.8. The van der Waals surface area contributed by atoms with E-state index in [0.717, 1.165) is 64.0 Å². The highest BCUT2D eigenvalue weighted by atomic mass is 35.5. The Hall–Kier alpha value is -4.13. The fourth-order valence-electron chi connectivity index (χ4n) is 5.45. The molecule has 0 saturated carbocycles. The summed E-state index contributed by atoms with van der Waals surface area (Å²) in [6.45, 7) is 2.50. The number of aromatic nitrogens is 1. The Kier molecular flexibility index (Phi) is 9.21.